The molecule has 0 radical (unpaired) electrons. The topological polar surface area (TPSA) is 50.9 Å². The minimum atomic E-state index is -4.25. The second-order valence-corrected chi connectivity index (χ2v) is 18.9. The zero-order valence-corrected chi connectivity index (χ0v) is 38.5. The number of aromatic hydroxyl groups is 1. The molecule has 2 aromatic heterocycles. The van der Waals surface area contributed by atoms with Gasteiger partial charge in [-0.25, -0.2) is 4.98 Å². The molecule has 0 aliphatic carbocycles. The number of hydrogen-bond acceptors (Lipinski definition) is 3. The fourth-order valence-electron chi connectivity index (χ4n) is 8.29. The zero-order chi connectivity index (χ0) is 66.0. The van der Waals surface area contributed by atoms with Gasteiger partial charge in [0, 0.05) is 53.0 Å². The maximum atomic E-state index is 13.1. The fraction of sp³-hybridized carbons (Fsp3) is 0.323. The van der Waals surface area contributed by atoms with Crippen molar-refractivity contribution >= 4 is 11.0 Å². The van der Waals surface area contributed by atoms with Crippen LogP contribution in [0.2, 0.25) is 0 Å². The SMILES string of the molecule is [2H]C([2H])([2H])c1cc(-c2cc(C(C)C)cc(C([2H])(C)C)c2)ccc1-n1c(-c2cc(C(C([2H])([2H])[2H])(C([2H])([2H])[2H])C([2H])([2H])[2H])cc(C(C([2H])([2H])[2H])(C([2H])([2H])[2H])C([2H])([2H])[2H])c2O)nc2c(-c3cc(-c4cc(-c5ccc(C)cc5)ccn4)cc(C(C)(C)C)c3)cccc21. The second-order valence-electron chi connectivity index (χ2n) is 18.9. The molecule has 6 aromatic carbocycles. The van der Waals surface area contributed by atoms with E-state index in [1.54, 1.807) is 44.3 Å². The number of aromatic nitrogens is 3. The Morgan fingerprint density at radius 2 is 1.29 bits per heavy atom. The Morgan fingerprint density at radius 3 is 1.97 bits per heavy atom. The predicted octanol–water partition coefficient (Wildman–Crippen LogP) is 17.2. The molecule has 0 bridgehead atoms. The molecular formula is C62H69N3O. The molecule has 8 rings (SSSR count). The first-order chi connectivity index (χ1) is 40.0. The van der Waals surface area contributed by atoms with Gasteiger partial charge in [-0.05, 0) is 146 Å². The zero-order valence-electron chi connectivity index (χ0n) is 60.5. The van der Waals surface area contributed by atoms with Gasteiger partial charge in [-0.3, -0.25) is 9.55 Å². The van der Waals surface area contributed by atoms with E-state index in [2.05, 4.69) is 0 Å². The van der Waals surface area contributed by atoms with Crippen molar-refractivity contribution in [2.75, 3.05) is 0 Å². The molecule has 0 aliphatic rings. The van der Waals surface area contributed by atoms with E-state index in [0.29, 0.717) is 45.1 Å². The van der Waals surface area contributed by atoms with Gasteiger partial charge < -0.3 is 5.11 Å². The van der Waals surface area contributed by atoms with Crippen LogP contribution < -0.4 is 0 Å². The quantitative estimate of drug-likeness (QED) is 0.165. The lowest BCUT2D eigenvalue weighted by Crippen LogP contribution is -2.17. The highest BCUT2D eigenvalue weighted by Gasteiger charge is 2.29. The molecule has 0 unspecified atom stereocenters. The van der Waals surface area contributed by atoms with Gasteiger partial charge >= 0.3 is 0 Å². The predicted molar refractivity (Wildman–Crippen MR) is 281 cm³/mol. The van der Waals surface area contributed by atoms with Crippen LogP contribution in [0.25, 0.3) is 72.7 Å². The van der Waals surface area contributed by atoms with Gasteiger partial charge in [0.25, 0.3) is 0 Å². The largest absolute Gasteiger partial charge is 0.507 e. The summed E-state index contributed by atoms with van der Waals surface area (Å²) in [6.45, 7) is -12.8. The maximum absolute atomic E-state index is 13.1. The molecule has 0 saturated carbocycles. The first-order valence-corrected chi connectivity index (χ1v) is 21.9. The normalized spacial score (nSPS) is 18.9. The number of hydrogen-bond donors (Lipinski definition) is 1. The molecular weight excluding hydrogens is 803 g/mol. The van der Waals surface area contributed by atoms with Crippen molar-refractivity contribution in [1.82, 2.24) is 14.5 Å². The fourth-order valence-corrected chi connectivity index (χ4v) is 8.29. The average molecular weight is 894 g/mol. The third-order valence-corrected chi connectivity index (χ3v) is 12.2. The summed E-state index contributed by atoms with van der Waals surface area (Å²) in [4.78, 5) is 9.86. The lowest BCUT2D eigenvalue weighted by Gasteiger charge is -2.27. The van der Waals surface area contributed by atoms with Crippen LogP contribution in [0.5, 0.6) is 5.75 Å². The Morgan fingerprint density at radius 1 is 0.606 bits per heavy atom. The van der Waals surface area contributed by atoms with E-state index in [1.807, 2.05) is 108 Å². The van der Waals surface area contributed by atoms with Gasteiger partial charge in [-0.15, -0.1) is 0 Å². The Bertz CT molecular complexity index is 3880. The van der Waals surface area contributed by atoms with Gasteiger partial charge in [0.2, 0.25) is 0 Å². The highest BCUT2D eigenvalue weighted by atomic mass is 16.3. The van der Waals surface area contributed by atoms with Crippen molar-refractivity contribution in [2.45, 2.75) is 131 Å². The summed E-state index contributed by atoms with van der Waals surface area (Å²) in [5.74, 6) is -3.30. The number of imidazole rings is 1. The van der Waals surface area contributed by atoms with Crippen LogP contribution in [0.4, 0.5) is 0 Å². The first kappa shape index (κ1) is 26.2. The van der Waals surface area contributed by atoms with Crippen LogP contribution in [0, 0.1) is 13.8 Å². The summed E-state index contributed by atoms with van der Waals surface area (Å²) in [5, 5.41) is 13.1. The molecule has 66 heavy (non-hydrogen) atoms. The van der Waals surface area contributed by atoms with Gasteiger partial charge in [0.1, 0.15) is 11.6 Å². The smallest absolute Gasteiger partial charge is 0.149 e. The summed E-state index contributed by atoms with van der Waals surface area (Å²) in [5.41, 5.74) is -5.33. The number of rotatable bonds is 8. The summed E-state index contributed by atoms with van der Waals surface area (Å²) in [6, 6.07) is 33.0. The molecule has 4 heteroatoms. The number of benzene rings is 6. The lowest BCUT2D eigenvalue weighted by molar-refractivity contribution is 0.446. The molecule has 0 fully saturated rings. The monoisotopic (exact) mass is 894 g/mol. The molecule has 8 aromatic rings. The molecule has 1 N–H and O–H groups in total. The van der Waals surface area contributed by atoms with Gasteiger partial charge in [0.05, 0.1) is 28.0 Å². The summed E-state index contributed by atoms with van der Waals surface area (Å²) >= 11 is 0. The van der Waals surface area contributed by atoms with Crippen molar-refractivity contribution in [3.63, 3.8) is 0 Å². The van der Waals surface area contributed by atoms with Crippen molar-refractivity contribution in [2.24, 2.45) is 0 Å². The van der Waals surface area contributed by atoms with Crippen LogP contribution >= 0.6 is 0 Å². The van der Waals surface area contributed by atoms with E-state index in [4.69, 9.17) is 36.0 Å². The minimum absolute atomic E-state index is 0.00259. The number of pyridine rings is 1. The molecule has 0 amide bonds. The second kappa shape index (κ2) is 17.2. The van der Waals surface area contributed by atoms with Crippen LogP contribution in [-0.4, -0.2) is 19.6 Å². The van der Waals surface area contributed by atoms with E-state index in [0.717, 1.165) is 27.8 Å². The van der Waals surface area contributed by atoms with Crippen molar-refractivity contribution in [3.05, 3.63) is 166 Å². The average Bonchev–Trinajstić information content (AvgIpc) is 1.10. The van der Waals surface area contributed by atoms with Crippen molar-refractivity contribution in [1.29, 1.82) is 0 Å². The lowest BCUT2D eigenvalue weighted by atomic mass is 9.79. The third kappa shape index (κ3) is 9.12. The standard InChI is InChI=1S/C62H69N3O/c1-37(2)44-28-45(38(3)4)30-46(29-44)42-23-24-55(40(6)27-42)65-56-18-16-17-51(57(56)64-59(65)52-35-50(61(10,11)12)36-53(58(52)66)62(13,14)15)47-31-48(33-49(32-47)60(7,8)9)54-34-43(25-26-63-54)41-21-19-39(5)20-22-41/h16-38,66H,1-15H3/i6D3,10D3,11D3,12D3,13D3,14D3,15D3,37D. The molecule has 0 atom stereocenters. The number of fused-ring (bicyclic) bond motifs is 1. The molecule has 338 valence electrons. The highest BCUT2D eigenvalue weighted by molar-refractivity contribution is 5.97. The van der Waals surface area contributed by atoms with Crippen LogP contribution in [-0.2, 0) is 16.2 Å². The highest BCUT2D eigenvalue weighted by Crippen LogP contribution is 2.45. The van der Waals surface area contributed by atoms with Crippen LogP contribution in [0.1, 0.15) is 170 Å². The van der Waals surface area contributed by atoms with Crippen LogP contribution in [0.15, 0.2) is 128 Å². The van der Waals surface area contributed by atoms with Crippen LogP contribution in [0.3, 0.4) is 0 Å². The maximum Gasteiger partial charge on any atom is 0.149 e. The number of aryl methyl sites for hydroxylation is 2. The van der Waals surface area contributed by atoms with Crippen molar-refractivity contribution < 1.29 is 35.3 Å². The Hall–Kier alpha value is -6.26. The number of nitrogens with zero attached hydrogens (tertiary/aromatic N) is 3. The third-order valence-electron chi connectivity index (χ3n) is 12.2. The molecule has 0 aliphatic heterocycles. The Labute approximate surface area is 425 Å². The summed E-state index contributed by atoms with van der Waals surface area (Å²) in [7, 11) is 0. The Balaban J connectivity index is 1.62. The number of phenols is 1. The molecule has 2 heterocycles. The van der Waals surface area contributed by atoms with Gasteiger partial charge in [-0.1, -0.05) is 168 Å². The van der Waals surface area contributed by atoms with E-state index >= 15 is 0 Å². The van der Waals surface area contributed by atoms with E-state index in [-0.39, 0.29) is 28.7 Å². The summed E-state index contributed by atoms with van der Waals surface area (Å²) < 4.78 is 196. The van der Waals surface area contributed by atoms with E-state index in [1.165, 1.54) is 22.8 Å². The molecule has 0 spiro atoms. The first-order valence-electron chi connectivity index (χ1n) is 32.9. The number of phenolic OH excluding ortho intramolecular Hbond substituents is 1. The van der Waals surface area contributed by atoms with E-state index < -0.39 is 104 Å². The van der Waals surface area contributed by atoms with E-state index in [9.17, 15) is 9.22 Å². The molecule has 4 nitrogen and oxygen atoms in total. The minimum Gasteiger partial charge on any atom is -0.507 e. The summed E-state index contributed by atoms with van der Waals surface area (Å²) in [6.07, 6.45) is 1.68. The number of para-hydroxylation sites is 1. The van der Waals surface area contributed by atoms with Gasteiger partial charge in [-0.2, -0.15) is 0 Å². The Kier molecular flexibility index (Phi) is 6.82. The molecule has 0 saturated heterocycles. The van der Waals surface area contributed by atoms with Crippen molar-refractivity contribution in [3.8, 4) is 67.5 Å². The van der Waals surface area contributed by atoms with Gasteiger partial charge in [0.15, 0.2) is 0 Å².